The molecular weight excluding hydrogens is 340 g/mol. The Morgan fingerprint density at radius 3 is 2.36 bits per heavy atom. The highest BCUT2D eigenvalue weighted by Gasteiger charge is 2.15. The molecule has 0 saturated carbocycles. The van der Waals surface area contributed by atoms with E-state index in [2.05, 4.69) is 68.2 Å². The minimum atomic E-state index is 0.640. The Balaban J connectivity index is 1.54. The molecule has 1 nitrogen and oxygen atoms in total. The predicted molar refractivity (Wildman–Crippen MR) is 119 cm³/mol. The molecule has 1 atom stereocenters. The van der Waals surface area contributed by atoms with Gasteiger partial charge in [0.25, 0.3) is 0 Å². The lowest BCUT2D eigenvalue weighted by molar-refractivity contribution is 0.309. The van der Waals surface area contributed by atoms with Crippen LogP contribution in [0.2, 0.25) is 0 Å². The Bertz CT molecular complexity index is 815. The van der Waals surface area contributed by atoms with E-state index >= 15 is 0 Å². The first kappa shape index (κ1) is 20.3. The molecule has 1 aliphatic rings. The van der Waals surface area contributed by atoms with Crippen molar-refractivity contribution >= 4 is 0 Å². The molecule has 0 fully saturated rings. The summed E-state index contributed by atoms with van der Waals surface area (Å²) in [6.07, 6.45) is 10.3. The van der Waals surface area contributed by atoms with E-state index in [-0.39, 0.29) is 0 Å². The fourth-order valence-corrected chi connectivity index (χ4v) is 3.62. The molecule has 28 heavy (non-hydrogen) atoms. The summed E-state index contributed by atoms with van der Waals surface area (Å²) >= 11 is 0. The van der Waals surface area contributed by atoms with Crippen molar-refractivity contribution in [3.05, 3.63) is 76.9 Å². The Kier molecular flexibility index (Phi) is 7.80. The van der Waals surface area contributed by atoms with Crippen LogP contribution in [0.3, 0.4) is 0 Å². The Labute approximate surface area is 170 Å². The summed E-state index contributed by atoms with van der Waals surface area (Å²) in [5.74, 6) is 8.26. The molecule has 0 heterocycles. The van der Waals surface area contributed by atoms with Crippen LogP contribution in [0.5, 0.6) is 5.75 Å². The number of benzene rings is 2. The maximum Gasteiger partial charge on any atom is 0.119 e. The number of allylic oxidation sites excluding steroid dienone is 2. The minimum Gasteiger partial charge on any atom is -0.494 e. The van der Waals surface area contributed by atoms with E-state index < -0.39 is 0 Å². The molecule has 1 heteroatoms. The van der Waals surface area contributed by atoms with E-state index in [4.69, 9.17) is 4.74 Å². The highest BCUT2D eigenvalue weighted by Crippen LogP contribution is 2.32. The fraction of sp³-hybridized carbons (Fsp3) is 0.407. The third-order valence-electron chi connectivity index (χ3n) is 5.39. The zero-order valence-corrected chi connectivity index (χ0v) is 17.3. The van der Waals surface area contributed by atoms with Crippen LogP contribution in [-0.2, 0) is 6.42 Å². The SMILES string of the molecule is CCCCOc1ccc(C#CC2=CCC(c3ccc(CCC)cc3)CC2)cc1. The van der Waals surface area contributed by atoms with E-state index in [1.54, 1.807) is 0 Å². The average Bonchev–Trinajstić information content (AvgIpc) is 2.75. The van der Waals surface area contributed by atoms with Crippen LogP contribution < -0.4 is 4.74 Å². The van der Waals surface area contributed by atoms with Gasteiger partial charge in [-0.25, -0.2) is 0 Å². The Hall–Kier alpha value is -2.46. The number of unbranched alkanes of at least 4 members (excludes halogenated alkanes) is 1. The second-order valence-electron chi connectivity index (χ2n) is 7.67. The molecule has 0 N–H and O–H groups in total. The molecule has 1 unspecified atom stereocenters. The van der Waals surface area contributed by atoms with Gasteiger partial charge in [-0.2, -0.15) is 0 Å². The van der Waals surface area contributed by atoms with Crippen LogP contribution in [-0.4, -0.2) is 6.61 Å². The molecule has 2 aromatic rings. The second-order valence-corrected chi connectivity index (χ2v) is 7.67. The molecule has 0 spiro atoms. The average molecular weight is 373 g/mol. The molecule has 3 rings (SSSR count). The van der Waals surface area contributed by atoms with Crippen LogP contribution in [0.1, 0.15) is 75.0 Å². The standard InChI is InChI=1S/C27H32O/c1-3-5-21-28-27-19-13-24(14-20-27)8-7-23-11-17-26(18-12-23)25-15-9-22(6-4-2)10-16-25/h9-11,13-16,19-20,26H,3-6,12,17-18,21H2,1-2H3. The van der Waals surface area contributed by atoms with Gasteiger partial charge in [-0.05, 0) is 79.0 Å². The summed E-state index contributed by atoms with van der Waals surface area (Å²) in [7, 11) is 0. The van der Waals surface area contributed by atoms with Gasteiger partial charge in [-0.15, -0.1) is 0 Å². The Morgan fingerprint density at radius 2 is 1.71 bits per heavy atom. The van der Waals surface area contributed by atoms with Gasteiger partial charge in [0.2, 0.25) is 0 Å². The van der Waals surface area contributed by atoms with E-state index in [0.717, 1.165) is 43.6 Å². The zero-order chi connectivity index (χ0) is 19.6. The van der Waals surface area contributed by atoms with Gasteiger partial charge in [0.1, 0.15) is 5.75 Å². The molecule has 0 amide bonds. The van der Waals surface area contributed by atoms with Crippen LogP contribution in [0, 0.1) is 11.8 Å². The highest BCUT2D eigenvalue weighted by molar-refractivity contribution is 5.43. The number of hydrogen-bond acceptors (Lipinski definition) is 1. The first-order valence-electron chi connectivity index (χ1n) is 10.8. The summed E-state index contributed by atoms with van der Waals surface area (Å²) in [4.78, 5) is 0. The largest absolute Gasteiger partial charge is 0.494 e. The second kappa shape index (κ2) is 10.8. The number of ether oxygens (including phenoxy) is 1. The van der Waals surface area contributed by atoms with Crippen molar-refractivity contribution in [2.75, 3.05) is 6.61 Å². The predicted octanol–water partition coefficient (Wildman–Crippen LogP) is 7.06. The lowest BCUT2D eigenvalue weighted by atomic mass is 9.84. The van der Waals surface area contributed by atoms with Gasteiger partial charge in [-0.1, -0.05) is 68.9 Å². The topological polar surface area (TPSA) is 9.23 Å². The monoisotopic (exact) mass is 372 g/mol. The van der Waals surface area contributed by atoms with Gasteiger partial charge in [-0.3, -0.25) is 0 Å². The summed E-state index contributed by atoms with van der Waals surface area (Å²) in [5.41, 5.74) is 5.26. The maximum absolute atomic E-state index is 5.71. The van der Waals surface area contributed by atoms with E-state index in [9.17, 15) is 0 Å². The van der Waals surface area contributed by atoms with Gasteiger partial charge in [0, 0.05) is 5.56 Å². The number of rotatable bonds is 7. The van der Waals surface area contributed by atoms with Crippen LogP contribution in [0.15, 0.2) is 60.2 Å². The van der Waals surface area contributed by atoms with Gasteiger partial charge >= 0.3 is 0 Å². The van der Waals surface area contributed by atoms with Crippen molar-refractivity contribution in [1.82, 2.24) is 0 Å². The van der Waals surface area contributed by atoms with Crippen molar-refractivity contribution in [3.8, 4) is 17.6 Å². The van der Waals surface area contributed by atoms with Crippen LogP contribution in [0.4, 0.5) is 0 Å². The molecular formula is C27H32O. The van der Waals surface area contributed by atoms with Gasteiger partial charge < -0.3 is 4.74 Å². The van der Waals surface area contributed by atoms with E-state index in [1.165, 1.54) is 36.0 Å². The van der Waals surface area contributed by atoms with Crippen molar-refractivity contribution in [3.63, 3.8) is 0 Å². The number of hydrogen-bond donors (Lipinski definition) is 0. The zero-order valence-electron chi connectivity index (χ0n) is 17.3. The molecule has 1 aliphatic carbocycles. The fourth-order valence-electron chi connectivity index (χ4n) is 3.62. The molecule has 0 saturated heterocycles. The lowest BCUT2D eigenvalue weighted by Gasteiger charge is -2.20. The van der Waals surface area contributed by atoms with E-state index in [0.29, 0.717) is 5.92 Å². The van der Waals surface area contributed by atoms with Crippen LogP contribution >= 0.6 is 0 Å². The quantitative estimate of drug-likeness (QED) is 0.373. The smallest absolute Gasteiger partial charge is 0.119 e. The first-order chi connectivity index (χ1) is 13.8. The highest BCUT2D eigenvalue weighted by atomic mass is 16.5. The van der Waals surface area contributed by atoms with Crippen molar-refractivity contribution in [1.29, 1.82) is 0 Å². The third kappa shape index (κ3) is 6.03. The summed E-state index contributed by atoms with van der Waals surface area (Å²) in [5, 5.41) is 0. The maximum atomic E-state index is 5.71. The van der Waals surface area contributed by atoms with Crippen molar-refractivity contribution < 1.29 is 4.74 Å². The lowest BCUT2D eigenvalue weighted by Crippen LogP contribution is -2.04. The van der Waals surface area contributed by atoms with Crippen molar-refractivity contribution in [2.45, 2.75) is 64.7 Å². The molecule has 146 valence electrons. The summed E-state index contributed by atoms with van der Waals surface area (Å²) < 4.78 is 5.71. The van der Waals surface area contributed by atoms with Gasteiger partial charge in [0.05, 0.1) is 6.61 Å². The third-order valence-corrected chi connectivity index (χ3v) is 5.39. The molecule has 2 aromatic carbocycles. The van der Waals surface area contributed by atoms with Gasteiger partial charge in [0.15, 0.2) is 0 Å². The minimum absolute atomic E-state index is 0.640. The normalized spacial score (nSPS) is 16.1. The molecule has 0 aromatic heterocycles. The summed E-state index contributed by atoms with van der Waals surface area (Å²) in [6.45, 7) is 5.20. The molecule has 0 radical (unpaired) electrons. The summed E-state index contributed by atoms with van der Waals surface area (Å²) in [6, 6.07) is 17.4. The van der Waals surface area contributed by atoms with E-state index in [1.807, 2.05) is 12.1 Å². The van der Waals surface area contributed by atoms with Crippen molar-refractivity contribution in [2.24, 2.45) is 0 Å². The molecule has 0 aliphatic heterocycles. The molecule has 0 bridgehead atoms. The first-order valence-corrected chi connectivity index (χ1v) is 10.8. The Morgan fingerprint density at radius 1 is 0.929 bits per heavy atom. The number of aryl methyl sites for hydroxylation is 1. The van der Waals surface area contributed by atoms with Crippen LogP contribution in [0.25, 0.3) is 0 Å².